The Balaban J connectivity index is 1.47. The molecule has 2 heterocycles. The third-order valence-corrected chi connectivity index (χ3v) is 16.3. The van der Waals surface area contributed by atoms with E-state index in [9.17, 15) is 56.7 Å². The maximum atomic E-state index is 12.6. The van der Waals surface area contributed by atoms with Gasteiger partial charge in [-0.15, -0.1) is 0 Å². The van der Waals surface area contributed by atoms with Gasteiger partial charge in [0.15, 0.2) is 5.71 Å². The quantitative estimate of drug-likeness (QED) is 0.0203. The van der Waals surface area contributed by atoms with Gasteiger partial charge in [-0.2, -0.15) is 29.8 Å². The van der Waals surface area contributed by atoms with Crippen molar-refractivity contribution < 1.29 is 61.3 Å². The van der Waals surface area contributed by atoms with Crippen LogP contribution in [-0.2, 0) is 62.5 Å². The third-order valence-electron chi connectivity index (χ3n) is 13.0. The Morgan fingerprint density at radius 3 is 2.13 bits per heavy atom. The second-order valence-corrected chi connectivity index (χ2v) is 24.6. The number of azide groups is 1. The number of anilines is 1. The molecule has 0 atom stereocenters. The zero-order valence-electron chi connectivity index (χ0n) is 39.8. The van der Waals surface area contributed by atoms with Crippen molar-refractivity contribution in [3.05, 3.63) is 135 Å². The molecule has 1 aliphatic carbocycles. The van der Waals surface area contributed by atoms with Gasteiger partial charge in [0.05, 0.1) is 31.1 Å². The lowest BCUT2D eigenvalue weighted by Gasteiger charge is -2.27. The molecule has 3 aliphatic rings. The van der Waals surface area contributed by atoms with Gasteiger partial charge >= 0.3 is 0 Å². The Kier molecular flexibility index (Phi) is 16.8. The predicted octanol–water partition coefficient (Wildman–Crippen LogP) is 7.32. The maximum Gasteiger partial charge on any atom is 0.294 e. The monoisotopic (exact) mass is 1050 g/mol. The first-order chi connectivity index (χ1) is 33.1. The van der Waals surface area contributed by atoms with Crippen molar-refractivity contribution in [1.29, 1.82) is 0 Å². The van der Waals surface area contributed by atoms with Gasteiger partial charge in [-0.3, -0.25) is 18.5 Å². The molecule has 0 bridgehead atoms. The van der Waals surface area contributed by atoms with E-state index < -0.39 is 62.8 Å². The summed E-state index contributed by atoms with van der Waals surface area (Å²) in [6.07, 6.45) is 10.9. The van der Waals surface area contributed by atoms with E-state index in [2.05, 4.69) is 15.3 Å². The molecular formula is C48H58N6O13S4. The van der Waals surface area contributed by atoms with Gasteiger partial charge in [-0.25, -0.2) is 8.42 Å². The topological polar surface area (TPSA) is 304 Å². The summed E-state index contributed by atoms with van der Waals surface area (Å²) in [5.41, 5.74) is 14.9. The molecule has 0 radical (unpaired) electrons. The lowest BCUT2D eigenvalue weighted by molar-refractivity contribution is -0.437. The van der Waals surface area contributed by atoms with E-state index >= 15 is 0 Å². The van der Waals surface area contributed by atoms with Gasteiger partial charge in [0.1, 0.15) is 6.54 Å². The molecule has 0 spiro atoms. The lowest BCUT2D eigenvalue weighted by Crippen LogP contribution is -2.28. The molecule has 382 valence electrons. The highest BCUT2D eigenvalue weighted by Gasteiger charge is 2.45. The highest BCUT2D eigenvalue weighted by atomic mass is 32.2. The normalized spacial score (nSPS) is 18.1. The molecule has 0 aromatic heterocycles. The fourth-order valence-corrected chi connectivity index (χ4v) is 11.5. The van der Waals surface area contributed by atoms with Crippen molar-refractivity contribution in [3.8, 4) is 0 Å². The number of rotatable bonds is 21. The van der Waals surface area contributed by atoms with Crippen LogP contribution in [0.25, 0.3) is 16.0 Å². The third kappa shape index (κ3) is 13.5. The van der Waals surface area contributed by atoms with E-state index in [1.165, 1.54) is 24.3 Å². The Morgan fingerprint density at radius 1 is 0.831 bits per heavy atom. The molecule has 2 aliphatic heterocycles. The molecule has 0 unspecified atom stereocenters. The number of hydrogen-bond donors (Lipinski definition) is 4. The number of aryl methyl sites for hydroxylation is 1. The van der Waals surface area contributed by atoms with Crippen LogP contribution in [0.1, 0.15) is 94.9 Å². The second kappa shape index (κ2) is 21.7. The predicted molar refractivity (Wildman–Crippen MR) is 268 cm³/mol. The van der Waals surface area contributed by atoms with Gasteiger partial charge in [-0.05, 0) is 128 Å². The molecule has 1 amide bonds. The summed E-state index contributed by atoms with van der Waals surface area (Å²) in [5, 5.41) is 6.31. The van der Waals surface area contributed by atoms with Crippen molar-refractivity contribution in [2.45, 2.75) is 99.7 Å². The summed E-state index contributed by atoms with van der Waals surface area (Å²) in [6.45, 7) is 8.41. The molecule has 0 saturated carbocycles. The number of benzene rings is 3. The molecule has 19 nitrogen and oxygen atoms in total. The van der Waals surface area contributed by atoms with Gasteiger partial charge in [0.25, 0.3) is 30.4 Å². The largest absolute Gasteiger partial charge is 0.748 e. The first-order valence-electron chi connectivity index (χ1n) is 22.9. The molecule has 23 heteroatoms. The SMILES string of the molecule is CC1(C)C(=CC=C2CCCC(C=CC3=[N+](CCCS(=O)(=O)[O-])c4ccc(S(=O)(=O)O)cc4C3(C)C)=C2c2ccc(CCC(=O)NCCCN=[N+]=[N-])cc2)N(CCCS(=O)(=O)O)c2ccc(S(=O)(=O)O)cc21. The standard InChI is InChI=1S/C48H58N6O13S4/c1-47(2)39-31-37(70(62,63)64)18-20-41(39)53(27-7-29-68(56,57)58)43(47)22-16-34-9-5-10-35(46(34)36-14-11-33(12-15-36)13-24-45(55)50-25-6-26-51-52-49)17-23-44-48(3,4)40-32-38(71(65,66)67)19-21-42(40)54(44)28-8-30-69(59,60)61/h11-12,14-23,31-32H,5-10,13,24-30H2,1-4H3,(H4-,50,55,56,57,58,59,60,61,62,63,64,65,66,67). The summed E-state index contributed by atoms with van der Waals surface area (Å²) < 4.78 is 139. The highest BCUT2D eigenvalue weighted by molar-refractivity contribution is 7.86. The van der Waals surface area contributed by atoms with Gasteiger partial charge in [-0.1, -0.05) is 55.4 Å². The summed E-state index contributed by atoms with van der Waals surface area (Å²) in [5.74, 6) is -1.29. The number of hydrogen-bond acceptors (Lipinski definition) is 12. The van der Waals surface area contributed by atoms with Crippen LogP contribution in [0.15, 0.2) is 117 Å². The van der Waals surface area contributed by atoms with Crippen LogP contribution >= 0.6 is 0 Å². The van der Waals surface area contributed by atoms with Gasteiger partial charge in [0, 0.05) is 77.6 Å². The summed E-state index contributed by atoms with van der Waals surface area (Å²) in [6, 6.07) is 16.2. The van der Waals surface area contributed by atoms with Gasteiger partial charge in [0.2, 0.25) is 11.6 Å². The summed E-state index contributed by atoms with van der Waals surface area (Å²) in [7, 11) is -18.0. The Bertz CT molecular complexity index is 3260. The molecule has 0 fully saturated rings. The second-order valence-electron chi connectivity index (χ2n) is 18.7. The van der Waals surface area contributed by atoms with Crippen LogP contribution in [-0.4, -0.2) is 106 Å². The van der Waals surface area contributed by atoms with E-state index in [4.69, 9.17) is 5.53 Å². The minimum Gasteiger partial charge on any atom is -0.748 e. The van der Waals surface area contributed by atoms with Crippen molar-refractivity contribution in [2.75, 3.05) is 42.6 Å². The average molecular weight is 1060 g/mol. The molecule has 0 saturated heterocycles. The van der Waals surface area contributed by atoms with E-state index in [1.54, 1.807) is 12.1 Å². The molecule has 3 aromatic rings. The van der Waals surface area contributed by atoms with Crippen LogP contribution in [0.5, 0.6) is 0 Å². The number of nitrogens with one attached hydrogen (secondary N) is 1. The Hall–Kier alpha value is -5.49. The molecule has 4 N–H and O–H groups in total. The van der Waals surface area contributed by atoms with Crippen molar-refractivity contribution in [1.82, 2.24) is 5.32 Å². The highest BCUT2D eigenvalue weighted by Crippen LogP contribution is 2.49. The van der Waals surface area contributed by atoms with Gasteiger partial charge < -0.3 is 14.8 Å². The first kappa shape index (κ1) is 54.8. The van der Waals surface area contributed by atoms with Crippen LogP contribution in [0, 0.1) is 0 Å². The van der Waals surface area contributed by atoms with Crippen molar-refractivity contribution in [2.24, 2.45) is 5.11 Å². The number of nitrogens with zero attached hydrogens (tertiary/aromatic N) is 5. The smallest absolute Gasteiger partial charge is 0.294 e. The number of carbonyl (C=O) groups is 1. The van der Waals surface area contributed by atoms with Crippen molar-refractivity contribution in [3.63, 3.8) is 0 Å². The molecular weight excluding hydrogens is 997 g/mol. The molecule has 71 heavy (non-hydrogen) atoms. The van der Waals surface area contributed by atoms with E-state index in [0.717, 1.165) is 27.8 Å². The molecule has 6 rings (SSSR count). The molecule has 3 aromatic carbocycles. The zero-order valence-corrected chi connectivity index (χ0v) is 43.0. The number of fused-ring (bicyclic) bond motifs is 2. The first-order valence-corrected chi connectivity index (χ1v) is 28.9. The number of amides is 1. The van der Waals surface area contributed by atoms with Crippen LogP contribution < -0.4 is 10.2 Å². The van der Waals surface area contributed by atoms with Crippen LogP contribution in [0.3, 0.4) is 0 Å². The minimum absolute atomic E-state index is 0.0240. The van der Waals surface area contributed by atoms with Crippen LogP contribution in [0.4, 0.5) is 11.4 Å². The summed E-state index contributed by atoms with van der Waals surface area (Å²) >= 11 is 0. The van der Waals surface area contributed by atoms with E-state index in [-0.39, 0.29) is 54.6 Å². The zero-order chi connectivity index (χ0) is 52.2. The lowest BCUT2D eigenvalue weighted by atomic mass is 9.79. The fraction of sp³-hybridized carbons (Fsp3) is 0.417. The van der Waals surface area contributed by atoms with Crippen molar-refractivity contribution >= 4 is 69.0 Å². The van der Waals surface area contributed by atoms with E-state index in [0.29, 0.717) is 72.6 Å². The Morgan fingerprint density at radius 2 is 1.49 bits per heavy atom. The summed E-state index contributed by atoms with van der Waals surface area (Å²) in [4.78, 5) is 16.6. The van der Waals surface area contributed by atoms with E-state index in [1.807, 2.05) is 85.7 Å². The van der Waals surface area contributed by atoms with Crippen LogP contribution in [0.2, 0.25) is 0 Å². The maximum absolute atomic E-state index is 12.6. The number of allylic oxidation sites excluding steroid dienone is 8. The fourth-order valence-electron chi connectivity index (χ4n) is 9.51. The minimum atomic E-state index is -4.58. The Labute approximate surface area is 415 Å². The average Bonchev–Trinajstić information content (AvgIpc) is 3.62. The number of carbonyl (C=O) groups excluding carboxylic acids is 1.